The van der Waals surface area contributed by atoms with Crippen LogP contribution in [0.1, 0.15) is 44.6 Å². The lowest BCUT2D eigenvalue weighted by molar-refractivity contribution is -0.124. The van der Waals surface area contributed by atoms with Crippen LogP contribution in [0.25, 0.3) is 11.0 Å². The molecule has 0 saturated carbocycles. The normalized spacial score (nSPS) is 17.7. The fourth-order valence-electron chi connectivity index (χ4n) is 4.76. The largest absolute Gasteiger partial charge is 0.497 e. The van der Waals surface area contributed by atoms with Gasteiger partial charge in [0, 0.05) is 12.2 Å². The van der Waals surface area contributed by atoms with Gasteiger partial charge in [-0.2, -0.15) is 0 Å². The maximum atomic E-state index is 13.5. The highest BCUT2D eigenvalue weighted by Crippen LogP contribution is 2.37. The van der Waals surface area contributed by atoms with E-state index in [0.717, 1.165) is 36.0 Å². The van der Waals surface area contributed by atoms with Crippen LogP contribution in [0.2, 0.25) is 0 Å². The SMILES string of the molecule is COc1ccc(NC(=O)C[C@H]2C(=O)N(CCC3=CCCCC3)c3nc4ccccc4n32)cc1. The number of ether oxygens (including phenoxy) is 1. The predicted molar refractivity (Wildman–Crippen MR) is 129 cm³/mol. The Bertz CT molecular complexity index is 1210. The molecule has 2 heterocycles. The summed E-state index contributed by atoms with van der Waals surface area (Å²) in [7, 11) is 1.60. The Morgan fingerprint density at radius 3 is 2.73 bits per heavy atom. The number of anilines is 2. The molecular weight excluding hydrogens is 416 g/mol. The summed E-state index contributed by atoms with van der Waals surface area (Å²) in [4.78, 5) is 32.9. The minimum Gasteiger partial charge on any atom is -0.497 e. The molecule has 2 amide bonds. The monoisotopic (exact) mass is 444 g/mol. The highest BCUT2D eigenvalue weighted by atomic mass is 16.5. The van der Waals surface area contributed by atoms with Crippen LogP contribution in [0.15, 0.2) is 60.2 Å². The number of carbonyl (C=O) groups is 2. The maximum absolute atomic E-state index is 13.5. The second-order valence-electron chi connectivity index (χ2n) is 8.62. The van der Waals surface area contributed by atoms with Crippen LogP contribution in [0.5, 0.6) is 5.75 Å². The van der Waals surface area contributed by atoms with Gasteiger partial charge in [-0.1, -0.05) is 23.8 Å². The van der Waals surface area contributed by atoms with Crippen LogP contribution in [-0.4, -0.2) is 35.0 Å². The number of nitrogens with one attached hydrogen (secondary N) is 1. The summed E-state index contributed by atoms with van der Waals surface area (Å²) >= 11 is 0. The van der Waals surface area contributed by atoms with Crippen molar-refractivity contribution in [1.82, 2.24) is 9.55 Å². The number of fused-ring (bicyclic) bond motifs is 3. The summed E-state index contributed by atoms with van der Waals surface area (Å²) in [6.07, 6.45) is 7.89. The van der Waals surface area contributed by atoms with E-state index in [-0.39, 0.29) is 18.2 Å². The van der Waals surface area contributed by atoms with E-state index < -0.39 is 6.04 Å². The average molecular weight is 445 g/mol. The van der Waals surface area contributed by atoms with Crippen LogP contribution in [0, 0.1) is 0 Å². The van der Waals surface area contributed by atoms with Crippen LogP contribution in [0.4, 0.5) is 11.6 Å². The minimum absolute atomic E-state index is 0.0530. The van der Waals surface area contributed by atoms with Crippen molar-refractivity contribution in [3.8, 4) is 5.75 Å². The maximum Gasteiger partial charge on any atom is 0.253 e. The summed E-state index contributed by atoms with van der Waals surface area (Å²) in [5.74, 6) is 1.08. The number of rotatable bonds is 7. The Balaban J connectivity index is 1.38. The minimum atomic E-state index is -0.606. The third kappa shape index (κ3) is 4.23. The van der Waals surface area contributed by atoms with E-state index in [9.17, 15) is 9.59 Å². The van der Waals surface area contributed by atoms with Gasteiger partial charge in [0.25, 0.3) is 5.91 Å². The van der Waals surface area contributed by atoms with Crippen molar-refractivity contribution in [1.29, 1.82) is 0 Å². The van der Waals surface area contributed by atoms with Crippen molar-refractivity contribution in [2.24, 2.45) is 0 Å². The van der Waals surface area contributed by atoms with Gasteiger partial charge in [0.1, 0.15) is 11.8 Å². The first kappa shape index (κ1) is 21.2. The first-order valence-corrected chi connectivity index (χ1v) is 11.5. The number of amides is 2. The zero-order valence-electron chi connectivity index (χ0n) is 18.8. The number of imidazole rings is 1. The van der Waals surface area contributed by atoms with Gasteiger partial charge >= 0.3 is 0 Å². The molecule has 1 aliphatic carbocycles. The van der Waals surface area contributed by atoms with E-state index in [2.05, 4.69) is 11.4 Å². The number of methoxy groups -OCH3 is 1. The number of carbonyl (C=O) groups excluding carboxylic acids is 2. The standard InChI is InChI=1S/C26H28N4O3/c1-33-20-13-11-19(12-14-20)27-24(31)17-23-25(32)29(16-15-18-7-3-2-4-8-18)26-28-21-9-5-6-10-22(21)30(23)26/h5-7,9-14,23H,2-4,8,15-17H2,1H3,(H,27,31)/t23-/m0/s1. The fourth-order valence-corrected chi connectivity index (χ4v) is 4.76. The quantitative estimate of drug-likeness (QED) is 0.529. The summed E-state index contributed by atoms with van der Waals surface area (Å²) in [5.41, 5.74) is 3.80. The topological polar surface area (TPSA) is 76.5 Å². The average Bonchev–Trinajstić information content (AvgIpc) is 3.33. The van der Waals surface area contributed by atoms with Gasteiger partial charge in [0.2, 0.25) is 11.9 Å². The van der Waals surface area contributed by atoms with Gasteiger partial charge < -0.3 is 10.1 Å². The van der Waals surface area contributed by atoms with Crippen molar-refractivity contribution in [3.63, 3.8) is 0 Å². The Labute approximate surface area is 193 Å². The summed E-state index contributed by atoms with van der Waals surface area (Å²) in [5, 5.41) is 2.90. The summed E-state index contributed by atoms with van der Waals surface area (Å²) < 4.78 is 7.10. The predicted octanol–water partition coefficient (Wildman–Crippen LogP) is 4.85. The van der Waals surface area contributed by atoms with Crippen molar-refractivity contribution >= 4 is 34.5 Å². The van der Waals surface area contributed by atoms with Crippen molar-refractivity contribution < 1.29 is 14.3 Å². The van der Waals surface area contributed by atoms with Gasteiger partial charge in [-0.3, -0.25) is 19.1 Å². The van der Waals surface area contributed by atoms with E-state index in [0.29, 0.717) is 18.2 Å². The first-order valence-electron chi connectivity index (χ1n) is 11.5. The van der Waals surface area contributed by atoms with E-state index in [1.807, 2.05) is 28.8 Å². The molecular formula is C26H28N4O3. The van der Waals surface area contributed by atoms with Gasteiger partial charge in [-0.25, -0.2) is 4.98 Å². The second kappa shape index (κ2) is 9.10. The zero-order chi connectivity index (χ0) is 22.8. The van der Waals surface area contributed by atoms with E-state index >= 15 is 0 Å². The molecule has 7 heteroatoms. The fraction of sp³-hybridized carbons (Fsp3) is 0.346. The summed E-state index contributed by atoms with van der Waals surface area (Å²) in [6, 6.07) is 14.3. The molecule has 1 aliphatic heterocycles. The smallest absolute Gasteiger partial charge is 0.253 e. The third-order valence-electron chi connectivity index (χ3n) is 6.48. The van der Waals surface area contributed by atoms with Gasteiger partial charge in [-0.05, 0) is 68.5 Å². The molecule has 33 heavy (non-hydrogen) atoms. The number of hydrogen-bond acceptors (Lipinski definition) is 4. The van der Waals surface area contributed by atoms with E-state index in [4.69, 9.17) is 9.72 Å². The number of hydrogen-bond donors (Lipinski definition) is 1. The van der Waals surface area contributed by atoms with Gasteiger partial charge in [0.15, 0.2) is 0 Å². The molecule has 1 atom stereocenters. The van der Waals surface area contributed by atoms with Crippen molar-refractivity contribution in [3.05, 3.63) is 60.2 Å². The lowest BCUT2D eigenvalue weighted by Gasteiger charge is -2.18. The Morgan fingerprint density at radius 1 is 1.15 bits per heavy atom. The molecule has 5 rings (SSSR count). The molecule has 170 valence electrons. The molecule has 7 nitrogen and oxygen atoms in total. The zero-order valence-corrected chi connectivity index (χ0v) is 18.8. The lowest BCUT2D eigenvalue weighted by Crippen LogP contribution is -2.32. The highest BCUT2D eigenvalue weighted by Gasteiger charge is 2.40. The molecule has 3 aromatic rings. The first-order chi connectivity index (χ1) is 16.1. The summed E-state index contributed by atoms with van der Waals surface area (Å²) in [6.45, 7) is 0.588. The molecule has 0 fully saturated rings. The van der Waals surface area contributed by atoms with Crippen molar-refractivity contribution in [2.45, 2.75) is 44.6 Å². The lowest BCUT2D eigenvalue weighted by atomic mass is 9.97. The number of para-hydroxylation sites is 2. The molecule has 0 saturated heterocycles. The Kier molecular flexibility index (Phi) is 5.86. The molecule has 0 bridgehead atoms. The van der Waals surface area contributed by atoms with Crippen LogP contribution >= 0.6 is 0 Å². The number of nitrogens with zero attached hydrogens (tertiary/aromatic N) is 3. The van der Waals surface area contributed by atoms with Crippen LogP contribution in [-0.2, 0) is 9.59 Å². The number of allylic oxidation sites excluding steroid dienone is 1. The Morgan fingerprint density at radius 2 is 1.97 bits per heavy atom. The molecule has 2 aliphatic rings. The van der Waals surface area contributed by atoms with Gasteiger partial charge in [-0.15, -0.1) is 0 Å². The van der Waals surface area contributed by atoms with Gasteiger partial charge in [0.05, 0.1) is 24.6 Å². The highest BCUT2D eigenvalue weighted by molar-refractivity contribution is 6.05. The molecule has 1 N–H and O–H groups in total. The molecule has 1 aromatic heterocycles. The number of aromatic nitrogens is 2. The third-order valence-corrected chi connectivity index (χ3v) is 6.48. The van der Waals surface area contributed by atoms with Crippen molar-refractivity contribution in [2.75, 3.05) is 23.9 Å². The second-order valence-corrected chi connectivity index (χ2v) is 8.62. The van der Waals surface area contributed by atoms with Crippen LogP contribution < -0.4 is 15.0 Å². The van der Waals surface area contributed by atoms with E-state index in [1.54, 1.807) is 36.3 Å². The van der Waals surface area contributed by atoms with E-state index in [1.165, 1.54) is 18.4 Å². The van der Waals surface area contributed by atoms with Crippen LogP contribution in [0.3, 0.4) is 0 Å². The molecule has 0 unspecified atom stereocenters. The molecule has 0 spiro atoms. The molecule has 0 radical (unpaired) electrons. The molecule has 2 aromatic carbocycles. The number of benzene rings is 2. The Hall–Kier alpha value is -3.61.